The molecule has 0 aliphatic heterocycles. The summed E-state index contributed by atoms with van der Waals surface area (Å²) in [5.41, 5.74) is -0.199. The van der Waals surface area contributed by atoms with Crippen LogP contribution in [0, 0.1) is 0 Å². The number of benzene rings is 1. The fourth-order valence-electron chi connectivity index (χ4n) is 1.35. The van der Waals surface area contributed by atoms with Crippen molar-refractivity contribution in [2.75, 3.05) is 12.4 Å². The van der Waals surface area contributed by atoms with E-state index in [4.69, 9.17) is 9.84 Å². The van der Waals surface area contributed by atoms with E-state index in [-0.39, 0.29) is 17.0 Å². The molecule has 0 saturated heterocycles. The largest absolute Gasteiger partial charge is 0.497 e. The highest BCUT2D eigenvalue weighted by Gasteiger charge is 2.38. The lowest BCUT2D eigenvalue weighted by Gasteiger charge is -2.11. The first-order valence-electron chi connectivity index (χ1n) is 5.01. The predicted octanol–water partition coefficient (Wildman–Crippen LogP) is 2.46. The number of nitrogens with one attached hydrogen (secondary N) is 1. The van der Waals surface area contributed by atoms with Crippen molar-refractivity contribution in [1.82, 2.24) is 0 Å². The fourth-order valence-corrected chi connectivity index (χ4v) is 1.35. The standard InChI is InChI=1S/C11H10F3NO4/c1-19-7-2-3-8(15-10(17)18)6(4-7)5-9(16)11(12,13)14/h2-4,15H,5H2,1H3,(H,17,18). The molecule has 0 unspecified atom stereocenters. The van der Waals surface area contributed by atoms with Crippen LogP contribution in [0.1, 0.15) is 5.56 Å². The molecular weight excluding hydrogens is 267 g/mol. The number of rotatable bonds is 4. The van der Waals surface area contributed by atoms with Gasteiger partial charge in [0.25, 0.3) is 0 Å². The minimum Gasteiger partial charge on any atom is -0.497 e. The molecule has 0 saturated carbocycles. The Labute approximate surface area is 106 Å². The molecular formula is C11H10F3NO4. The first-order valence-corrected chi connectivity index (χ1v) is 5.01. The van der Waals surface area contributed by atoms with Crippen molar-refractivity contribution in [3.8, 4) is 5.75 Å². The number of methoxy groups -OCH3 is 1. The first-order chi connectivity index (χ1) is 8.74. The van der Waals surface area contributed by atoms with E-state index >= 15 is 0 Å². The Hall–Kier alpha value is -2.25. The molecule has 0 bridgehead atoms. The quantitative estimate of drug-likeness (QED) is 0.886. The number of ether oxygens (including phenoxy) is 1. The van der Waals surface area contributed by atoms with E-state index in [0.717, 1.165) is 0 Å². The molecule has 0 heterocycles. The number of carbonyl (C=O) groups is 2. The summed E-state index contributed by atoms with van der Waals surface area (Å²) in [4.78, 5) is 21.4. The van der Waals surface area contributed by atoms with E-state index in [1.54, 1.807) is 0 Å². The molecule has 0 aliphatic carbocycles. The summed E-state index contributed by atoms with van der Waals surface area (Å²) in [6, 6.07) is 3.77. The van der Waals surface area contributed by atoms with Gasteiger partial charge in [0.1, 0.15) is 5.75 Å². The summed E-state index contributed by atoms with van der Waals surface area (Å²) in [6.45, 7) is 0. The lowest BCUT2D eigenvalue weighted by Crippen LogP contribution is -2.25. The van der Waals surface area contributed by atoms with Gasteiger partial charge in [0.05, 0.1) is 7.11 Å². The van der Waals surface area contributed by atoms with Crippen molar-refractivity contribution >= 4 is 17.6 Å². The molecule has 0 fully saturated rings. The summed E-state index contributed by atoms with van der Waals surface area (Å²) in [5.74, 6) is -1.74. The SMILES string of the molecule is COc1ccc(NC(=O)O)c(CC(=O)C(F)(F)F)c1. The summed E-state index contributed by atoms with van der Waals surface area (Å²) >= 11 is 0. The number of carbonyl (C=O) groups excluding carboxylic acids is 1. The van der Waals surface area contributed by atoms with E-state index in [1.165, 1.54) is 25.3 Å². The van der Waals surface area contributed by atoms with Crippen LogP contribution in [0.4, 0.5) is 23.7 Å². The molecule has 5 nitrogen and oxygen atoms in total. The highest BCUT2D eigenvalue weighted by molar-refractivity contribution is 5.90. The third-order valence-corrected chi connectivity index (χ3v) is 2.22. The average molecular weight is 277 g/mol. The molecule has 0 aromatic heterocycles. The van der Waals surface area contributed by atoms with Gasteiger partial charge in [-0.25, -0.2) is 4.79 Å². The van der Waals surface area contributed by atoms with Crippen LogP contribution >= 0.6 is 0 Å². The number of hydrogen-bond acceptors (Lipinski definition) is 3. The highest BCUT2D eigenvalue weighted by Crippen LogP contribution is 2.26. The van der Waals surface area contributed by atoms with E-state index in [2.05, 4.69) is 0 Å². The van der Waals surface area contributed by atoms with Crippen LogP contribution in [-0.2, 0) is 11.2 Å². The Kier molecular flexibility index (Phi) is 4.36. The maximum atomic E-state index is 12.2. The third-order valence-electron chi connectivity index (χ3n) is 2.22. The van der Waals surface area contributed by atoms with Crippen LogP contribution < -0.4 is 10.1 Å². The second kappa shape index (κ2) is 5.59. The summed E-state index contributed by atoms with van der Waals surface area (Å²) < 4.78 is 41.4. The minimum absolute atomic E-state index is 0.0918. The number of hydrogen-bond donors (Lipinski definition) is 2. The smallest absolute Gasteiger partial charge is 0.450 e. The van der Waals surface area contributed by atoms with Crippen molar-refractivity contribution in [3.63, 3.8) is 0 Å². The van der Waals surface area contributed by atoms with E-state index in [9.17, 15) is 22.8 Å². The number of ketones is 1. The van der Waals surface area contributed by atoms with Crippen molar-refractivity contribution < 1.29 is 32.6 Å². The van der Waals surface area contributed by atoms with Crippen molar-refractivity contribution in [2.24, 2.45) is 0 Å². The molecule has 1 aromatic carbocycles. The Morgan fingerprint density at radius 3 is 2.47 bits per heavy atom. The average Bonchev–Trinajstić information content (AvgIpc) is 2.29. The van der Waals surface area contributed by atoms with Gasteiger partial charge in [-0.3, -0.25) is 10.1 Å². The zero-order valence-electron chi connectivity index (χ0n) is 9.75. The van der Waals surface area contributed by atoms with Gasteiger partial charge in [0, 0.05) is 12.1 Å². The van der Waals surface area contributed by atoms with Gasteiger partial charge in [-0.15, -0.1) is 0 Å². The molecule has 0 atom stereocenters. The maximum Gasteiger partial charge on any atom is 0.450 e. The number of anilines is 1. The van der Waals surface area contributed by atoms with E-state index in [0.29, 0.717) is 0 Å². The second-order valence-electron chi connectivity index (χ2n) is 3.55. The van der Waals surface area contributed by atoms with Gasteiger partial charge < -0.3 is 9.84 Å². The molecule has 1 amide bonds. The monoisotopic (exact) mass is 277 g/mol. The Bertz CT molecular complexity index is 499. The molecule has 19 heavy (non-hydrogen) atoms. The molecule has 2 N–H and O–H groups in total. The Balaban J connectivity index is 3.07. The van der Waals surface area contributed by atoms with Gasteiger partial charge >= 0.3 is 12.3 Å². The topological polar surface area (TPSA) is 75.6 Å². The van der Waals surface area contributed by atoms with Crippen LogP contribution in [-0.4, -0.2) is 30.3 Å². The van der Waals surface area contributed by atoms with Gasteiger partial charge in [-0.1, -0.05) is 0 Å². The normalized spacial score (nSPS) is 10.9. The molecule has 0 aliphatic rings. The Morgan fingerprint density at radius 2 is 2.00 bits per heavy atom. The number of Topliss-reactive ketones (excluding diaryl/α,β-unsaturated/α-hetero) is 1. The number of halogens is 3. The minimum atomic E-state index is -4.97. The Morgan fingerprint density at radius 1 is 1.37 bits per heavy atom. The summed E-state index contributed by atoms with van der Waals surface area (Å²) in [7, 11) is 1.30. The van der Waals surface area contributed by atoms with Crippen LogP contribution in [0.5, 0.6) is 5.75 Å². The van der Waals surface area contributed by atoms with Gasteiger partial charge in [0.15, 0.2) is 0 Å². The molecule has 104 valence electrons. The maximum absolute atomic E-state index is 12.2. The number of alkyl halides is 3. The van der Waals surface area contributed by atoms with Gasteiger partial charge in [-0.2, -0.15) is 13.2 Å². The molecule has 8 heteroatoms. The number of carboxylic acid groups (broad SMARTS) is 1. The lowest BCUT2D eigenvalue weighted by atomic mass is 10.1. The zero-order valence-corrected chi connectivity index (χ0v) is 9.75. The van der Waals surface area contributed by atoms with Crippen LogP contribution in [0.3, 0.4) is 0 Å². The van der Waals surface area contributed by atoms with Crippen LogP contribution in [0.2, 0.25) is 0 Å². The van der Waals surface area contributed by atoms with Crippen LogP contribution in [0.15, 0.2) is 18.2 Å². The predicted molar refractivity (Wildman–Crippen MR) is 59.4 cm³/mol. The first kappa shape index (κ1) is 14.8. The van der Waals surface area contributed by atoms with Crippen molar-refractivity contribution in [3.05, 3.63) is 23.8 Å². The van der Waals surface area contributed by atoms with Crippen LogP contribution in [0.25, 0.3) is 0 Å². The third kappa shape index (κ3) is 4.16. The number of amides is 1. The summed E-state index contributed by atoms with van der Waals surface area (Å²) in [6.07, 6.45) is -7.37. The second-order valence-corrected chi connectivity index (χ2v) is 3.55. The zero-order chi connectivity index (χ0) is 14.6. The molecule has 1 rings (SSSR count). The van der Waals surface area contributed by atoms with Crippen molar-refractivity contribution in [2.45, 2.75) is 12.6 Å². The molecule has 1 aromatic rings. The molecule has 0 spiro atoms. The lowest BCUT2D eigenvalue weighted by molar-refractivity contribution is -0.170. The van der Waals surface area contributed by atoms with Crippen molar-refractivity contribution in [1.29, 1.82) is 0 Å². The fraction of sp³-hybridized carbons (Fsp3) is 0.273. The van der Waals surface area contributed by atoms with Gasteiger partial charge in [0.2, 0.25) is 5.78 Å². The van der Waals surface area contributed by atoms with E-state index in [1.807, 2.05) is 5.32 Å². The van der Waals surface area contributed by atoms with Gasteiger partial charge in [-0.05, 0) is 23.8 Å². The molecule has 0 radical (unpaired) electrons. The van der Waals surface area contributed by atoms with E-state index < -0.39 is 24.5 Å². The summed E-state index contributed by atoms with van der Waals surface area (Å²) in [5, 5.41) is 10.5. The highest BCUT2D eigenvalue weighted by atomic mass is 19.4.